The van der Waals surface area contributed by atoms with Crippen LogP contribution in [-0.2, 0) is 11.8 Å². The monoisotopic (exact) mass is 403 g/mol. The lowest BCUT2D eigenvalue weighted by molar-refractivity contribution is 0.0601. The molecule has 2 aromatic heterocycles. The first-order chi connectivity index (χ1) is 14.6. The minimum Gasteiger partial charge on any atom is -0.376 e. The number of urea groups is 1. The topological polar surface area (TPSA) is 81.1 Å². The van der Waals surface area contributed by atoms with Gasteiger partial charge in [0.15, 0.2) is 5.82 Å². The normalized spacial score (nSPS) is 14.1. The maximum Gasteiger partial charge on any atom is 0.320 e. The number of nitrogens with zero attached hydrogens (tertiary/aromatic N) is 3. The lowest BCUT2D eigenvalue weighted by atomic mass is 10.1. The fraction of sp³-hybridized carbons (Fsp3) is 0.348. The number of pyridine rings is 1. The molecule has 1 fully saturated rings. The van der Waals surface area contributed by atoms with Gasteiger partial charge in [-0.05, 0) is 43.7 Å². The summed E-state index contributed by atoms with van der Waals surface area (Å²) >= 11 is 0. The van der Waals surface area contributed by atoms with Gasteiger partial charge in [-0.15, -0.1) is 0 Å². The first-order valence-electron chi connectivity index (χ1n) is 10.1. The molecule has 0 bridgehead atoms. The average Bonchev–Trinajstić information content (AvgIpc) is 3.51. The fourth-order valence-corrected chi connectivity index (χ4v) is 2.96. The molecule has 30 heavy (non-hydrogen) atoms. The number of ether oxygens (including phenoxy) is 1. The number of fused-ring (bicyclic) bond motifs is 1. The zero-order valence-electron chi connectivity index (χ0n) is 17.2. The Morgan fingerprint density at radius 3 is 2.97 bits per heavy atom. The van der Waals surface area contributed by atoms with E-state index in [4.69, 9.17) is 4.74 Å². The maximum absolute atomic E-state index is 12.1. The molecule has 2 N–H and O–H groups in total. The second-order valence-electron chi connectivity index (χ2n) is 7.63. The summed E-state index contributed by atoms with van der Waals surface area (Å²) in [5.74, 6) is 7.36. The molecule has 0 aliphatic heterocycles. The molecule has 3 aromatic rings. The Balaban J connectivity index is 1.33. The van der Waals surface area contributed by atoms with E-state index in [1.165, 1.54) is 12.8 Å². The molecular formula is C23H25N5O2. The highest BCUT2D eigenvalue weighted by Crippen LogP contribution is 2.29. The molecule has 1 aliphatic rings. The van der Waals surface area contributed by atoms with Crippen molar-refractivity contribution in [1.82, 2.24) is 20.1 Å². The van der Waals surface area contributed by atoms with Crippen LogP contribution in [0.15, 0.2) is 42.6 Å². The van der Waals surface area contributed by atoms with E-state index in [0.29, 0.717) is 24.0 Å². The Kier molecular flexibility index (Phi) is 5.96. The van der Waals surface area contributed by atoms with Gasteiger partial charge in [0.05, 0.1) is 11.6 Å². The Morgan fingerprint density at radius 2 is 2.13 bits per heavy atom. The second kappa shape index (κ2) is 8.97. The first-order valence-corrected chi connectivity index (χ1v) is 10.1. The molecule has 2 amide bonds. The summed E-state index contributed by atoms with van der Waals surface area (Å²) in [5, 5.41) is 10.9. The standard InChI is InChI=1S/C23H25N5O2/c1-16(30-15-17-7-8-17)13-25-23(29)26-22-12-20(28(2)27-22)10-9-18-11-19-5-3-4-6-21(19)24-14-18/h3-6,11-12,14,16-17H,7-8,13,15H2,1-2H3,(H2,25,26,27,29). The van der Waals surface area contributed by atoms with Gasteiger partial charge in [0.1, 0.15) is 5.69 Å². The van der Waals surface area contributed by atoms with Crippen molar-refractivity contribution >= 4 is 22.8 Å². The minimum atomic E-state index is -0.312. The highest BCUT2D eigenvalue weighted by molar-refractivity contribution is 5.88. The Morgan fingerprint density at radius 1 is 1.30 bits per heavy atom. The van der Waals surface area contributed by atoms with Crippen LogP contribution in [0, 0.1) is 17.8 Å². The Labute approximate surface area is 175 Å². The number of carbonyl (C=O) groups is 1. The van der Waals surface area contributed by atoms with Crippen LogP contribution >= 0.6 is 0 Å². The number of anilines is 1. The predicted octanol–water partition coefficient (Wildman–Crippen LogP) is 3.30. The molecule has 2 heterocycles. The van der Waals surface area contributed by atoms with Crippen molar-refractivity contribution in [2.24, 2.45) is 13.0 Å². The van der Waals surface area contributed by atoms with Crippen LogP contribution < -0.4 is 10.6 Å². The highest BCUT2D eigenvalue weighted by atomic mass is 16.5. The number of aryl methyl sites for hydroxylation is 1. The van der Waals surface area contributed by atoms with Gasteiger partial charge in [-0.3, -0.25) is 15.0 Å². The van der Waals surface area contributed by atoms with Gasteiger partial charge in [-0.2, -0.15) is 5.10 Å². The van der Waals surface area contributed by atoms with Crippen molar-refractivity contribution < 1.29 is 9.53 Å². The molecule has 0 spiro atoms. The van der Waals surface area contributed by atoms with E-state index in [0.717, 1.165) is 23.1 Å². The second-order valence-corrected chi connectivity index (χ2v) is 7.63. The maximum atomic E-state index is 12.1. The molecule has 1 atom stereocenters. The zero-order valence-corrected chi connectivity index (χ0v) is 17.2. The molecule has 7 heteroatoms. The molecule has 0 radical (unpaired) electrons. The summed E-state index contributed by atoms with van der Waals surface area (Å²) in [6.07, 6.45) is 4.24. The van der Waals surface area contributed by atoms with Crippen molar-refractivity contribution in [2.45, 2.75) is 25.9 Å². The first kappa shape index (κ1) is 19.9. The molecule has 1 unspecified atom stereocenters. The Bertz CT molecular complexity index is 1110. The number of carbonyl (C=O) groups excluding carboxylic acids is 1. The summed E-state index contributed by atoms with van der Waals surface area (Å²) in [6.45, 7) is 3.19. The largest absolute Gasteiger partial charge is 0.376 e. The fourth-order valence-electron chi connectivity index (χ4n) is 2.96. The van der Waals surface area contributed by atoms with Crippen molar-refractivity contribution in [3.05, 3.63) is 53.9 Å². The van der Waals surface area contributed by atoms with E-state index in [2.05, 4.69) is 32.6 Å². The van der Waals surface area contributed by atoms with Gasteiger partial charge in [0.25, 0.3) is 0 Å². The third-order valence-corrected chi connectivity index (χ3v) is 4.91. The van der Waals surface area contributed by atoms with Crippen LogP contribution in [0.5, 0.6) is 0 Å². The van der Waals surface area contributed by atoms with Gasteiger partial charge in [0.2, 0.25) is 0 Å². The third-order valence-electron chi connectivity index (χ3n) is 4.91. The number of benzene rings is 1. The van der Waals surface area contributed by atoms with Gasteiger partial charge in [-0.1, -0.05) is 24.1 Å². The van der Waals surface area contributed by atoms with E-state index in [1.54, 1.807) is 24.0 Å². The van der Waals surface area contributed by atoms with Crippen molar-refractivity contribution in [2.75, 3.05) is 18.5 Å². The molecule has 7 nitrogen and oxygen atoms in total. The van der Waals surface area contributed by atoms with Crippen LogP contribution in [0.3, 0.4) is 0 Å². The van der Waals surface area contributed by atoms with Crippen molar-refractivity contribution in [3.8, 4) is 11.8 Å². The molecule has 4 rings (SSSR count). The van der Waals surface area contributed by atoms with E-state index < -0.39 is 0 Å². The summed E-state index contributed by atoms with van der Waals surface area (Å²) in [5.41, 5.74) is 2.45. The molecule has 1 aromatic carbocycles. The number of hydrogen-bond donors (Lipinski definition) is 2. The SMILES string of the molecule is CC(CNC(=O)Nc1cc(C#Cc2cnc3ccccc3c2)n(C)n1)OCC1CC1. The minimum absolute atomic E-state index is 0.0166. The number of aromatic nitrogens is 3. The number of hydrogen-bond acceptors (Lipinski definition) is 4. The number of amides is 2. The van der Waals surface area contributed by atoms with Crippen molar-refractivity contribution in [1.29, 1.82) is 0 Å². The Hall–Kier alpha value is -3.37. The number of rotatable bonds is 6. The number of para-hydroxylation sites is 1. The molecule has 154 valence electrons. The number of nitrogens with one attached hydrogen (secondary N) is 2. The van der Waals surface area contributed by atoms with Crippen molar-refractivity contribution in [3.63, 3.8) is 0 Å². The van der Waals surface area contributed by atoms with Gasteiger partial charge in [-0.25, -0.2) is 4.79 Å². The molecular weight excluding hydrogens is 378 g/mol. The lowest BCUT2D eigenvalue weighted by Gasteiger charge is -2.13. The quantitative estimate of drug-likeness (QED) is 0.619. The zero-order chi connectivity index (χ0) is 20.9. The lowest BCUT2D eigenvalue weighted by Crippen LogP contribution is -2.35. The third kappa shape index (κ3) is 5.37. The summed E-state index contributed by atoms with van der Waals surface area (Å²) in [7, 11) is 1.79. The van der Waals surface area contributed by atoms with E-state index in [1.807, 2.05) is 37.3 Å². The summed E-state index contributed by atoms with van der Waals surface area (Å²) < 4.78 is 7.34. The molecule has 0 saturated heterocycles. The van der Waals surface area contributed by atoms with Crippen LogP contribution in [-0.4, -0.2) is 40.1 Å². The molecule has 1 saturated carbocycles. The summed E-state index contributed by atoms with van der Waals surface area (Å²) in [4.78, 5) is 16.5. The van der Waals surface area contributed by atoms with Gasteiger partial charge >= 0.3 is 6.03 Å². The summed E-state index contributed by atoms with van der Waals surface area (Å²) in [6, 6.07) is 11.4. The van der Waals surface area contributed by atoms with Gasteiger partial charge < -0.3 is 10.1 Å². The predicted molar refractivity (Wildman–Crippen MR) is 116 cm³/mol. The van der Waals surface area contributed by atoms with Gasteiger partial charge in [0, 0.05) is 43.4 Å². The molecule has 1 aliphatic carbocycles. The van der Waals surface area contributed by atoms with E-state index >= 15 is 0 Å². The van der Waals surface area contributed by atoms with E-state index in [9.17, 15) is 4.79 Å². The highest BCUT2D eigenvalue weighted by Gasteiger charge is 2.22. The van der Waals surface area contributed by atoms with Crippen LogP contribution in [0.25, 0.3) is 10.9 Å². The van der Waals surface area contributed by atoms with Crippen LogP contribution in [0.1, 0.15) is 31.0 Å². The smallest absolute Gasteiger partial charge is 0.320 e. The van der Waals surface area contributed by atoms with E-state index in [-0.39, 0.29) is 12.1 Å². The van der Waals surface area contributed by atoms with Crippen LogP contribution in [0.2, 0.25) is 0 Å². The van der Waals surface area contributed by atoms with Crippen LogP contribution in [0.4, 0.5) is 10.6 Å². The average molecular weight is 403 g/mol.